The minimum absolute atomic E-state index is 0.609. The van der Waals surface area contributed by atoms with Crippen LogP contribution in [0.5, 0.6) is 5.75 Å². The lowest BCUT2D eigenvalue weighted by molar-refractivity contribution is 0.333. The minimum Gasteiger partial charge on any atom is -0.492 e. The third-order valence-electron chi connectivity index (χ3n) is 2.14. The van der Waals surface area contributed by atoms with Gasteiger partial charge in [0.05, 0.1) is 6.54 Å². The third-order valence-corrected chi connectivity index (χ3v) is 2.58. The number of nitrogens with one attached hydrogen (secondary N) is 1. The summed E-state index contributed by atoms with van der Waals surface area (Å²) in [5.74, 6) is 1.73. The van der Waals surface area contributed by atoms with Gasteiger partial charge < -0.3 is 10.1 Å². The molecule has 0 radical (unpaired) electrons. The second-order valence-corrected chi connectivity index (χ2v) is 4.25. The Kier molecular flexibility index (Phi) is 4.38. The largest absolute Gasteiger partial charge is 0.492 e. The molecule has 1 heterocycles. The molecule has 0 saturated heterocycles. The third kappa shape index (κ3) is 4.07. The highest BCUT2D eigenvalue weighted by atomic mass is 79.9. The minimum atomic E-state index is 0.609. The van der Waals surface area contributed by atoms with Crippen molar-refractivity contribution in [3.8, 4) is 5.75 Å². The van der Waals surface area contributed by atoms with E-state index in [1.54, 1.807) is 0 Å². The van der Waals surface area contributed by atoms with Crippen molar-refractivity contribution in [2.75, 3.05) is 18.5 Å². The summed E-state index contributed by atoms with van der Waals surface area (Å²) < 4.78 is 6.38. The molecule has 0 spiro atoms. The fraction of sp³-hybridized carbons (Fsp3) is 0.154. The summed E-state index contributed by atoms with van der Waals surface area (Å²) in [6.07, 6.45) is 0. The van der Waals surface area contributed by atoms with Crippen molar-refractivity contribution in [2.24, 2.45) is 0 Å². The van der Waals surface area contributed by atoms with Gasteiger partial charge in [-0.15, -0.1) is 0 Å². The molecule has 1 aromatic carbocycles. The molecule has 1 N–H and O–H groups in total. The normalized spacial score (nSPS) is 9.94. The van der Waals surface area contributed by atoms with Crippen LogP contribution in [0.25, 0.3) is 0 Å². The Labute approximate surface area is 109 Å². The monoisotopic (exact) mass is 292 g/mol. The number of pyridine rings is 1. The molecular formula is C13H13BrN2O. The Morgan fingerprint density at radius 1 is 1.06 bits per heavy atom. The van der Waals surface area contributed by atoms with E-state index in [1.807, 2.05) is 48.5 Å². The predicted molar refractivity (Wildman–Crippen MR) is 72.4 cm³/mol. The maximum atomic E-state index is 5.56. The lowest BCUT2D eigenvalue weighted by atomic mass is 10.3. The van der Waals surface area contributed by atoms with E-state index in [-0.39, 0.29) is 0 Å². The Hall–Kier alpha value is -1.55. The summed E-state index contributed by atoms with van der Waals surface area (Å²) in [5.41, 5.74) is 0. The van der Waals surface area contributed by atoms with Crippen molar-refractivity contribution in [1.29, 1.82) is 0 Å². The van der Waals surface area contributed by atoms with E-state index in [0.717, 1.165) is 22.7 Å². The molecule has 0 aliphatic carbocycles. The first-order valence-electron chi connectivity index (χ1n) is 5.39. The van der Waals surface area contributed by atoms with Crippen LogP contribution in [0.2, 0.25) is 0 Å². The molecule has 17 heavy (non-hydrogen) atoms. The molecule has 0 fully saturated rings. The van der Waals surface area contributed by atoms with Crippen LogP contribution in [0.15, 0.2) is 53.1 Å². The molecule has 0 atom stereocenters. The molecule has 4 heteroatoms. The average molecular weight is 293 g/mol. The summed E-state index contributed by atoms with van der Waals surface area (Å²) in [5, 5.41) is 3.19. The Morgan fingerprint density at radius 2 is 1.88 bits per heavy atom. The maximum Gasteiger partial charge on any atom is 0.127 e. The molecule has 3 nitrogen and oxygen atoms in total. The number of hydrogen-bond donors (Lipinski definition) is 1. The highest BCUT2D eigenvalue weighted by molar-refractivity contribution is 9.10. The number of nitrogens with zero attached hydrogens (tertiary/aromatic N) is 1. The van der Waals surface area contributed by atoms with Crippen molar-refractivity contribution >= 4 is 21.7 Å². The summed E-state index contributed by atoms with van der Waals surface area (Å²) in [6.45, 7) is 1.33. The molecule has 0 amide bonds. The number of halogens is 1. The molecule has 0 aliphatic rings. The van der Waals surface area contributed by atoms with Crippen LogP contribution in [0.3, 0.4) is 0 Å². The van der Waals surface area contributed by atoms with Gasteiger partial charge in [-0.25, -0.2) is 4.98 Å². The highest BCUT2D eigenvalue weighted by Crippen LogP contribution is 2.10. The fourth-order valence-electron chi connectivity index (χ4n) is 1.37. The standard InChI is InChI=1S/C13H13BrN2O/c14-12-7-4-8-13(16-12)15-9-10-17-11-5-2-1-3-6-11/h1-8H,9-10H2,(H,15,16). The van der Waals surface area contributed by atoms with Gasteiger partial charge in [-0.05, 0) is 40.2 Å². The van der Waals surface area contributed by atoms with E-state index in [4.69, 9.17) is 4.74 Å². The van der Waals surface area contributed by atoms with Gasteiger partial charge >= 0.3 is 0 Å². The number of hydrogen-bond acceptors (Lipinski definition) is 3. The number of para-hydroxylation sites is 1. The van der Waals surface area contributed by atoms with Crippen LogP contribution < -0.4 is 10.1 Å². The van der Waals surface area contributed by atoms with E-state index in [0.29, 0.717) is 6.61 Å². The zero-order chi connectivity index (χ0) is 11.9. The highest BCUT2D eigenvalue weighted by Gasteiger charge is 1.95. The van der Waals surface area contributed by atoms with E-state index in [2.05, 4.69) is 26.2 Å². The maximum absolute atomic E-state index is 5.56. The second-order valence-electron chi connectivity index (χ2n) is 3.43. The predicted octanol–water partition coefficient (Wildman–Crippen LogP) is 3.34. The topological polar surface area (TPSA) is 34.1 Å². The van der Waals surface area contributed by atoms with Crippen molar-refractivity contribution in [2.45, 2.75) is 0 Å². The fourth-order valence-corrected chi connectivity index (χ4v) is 1.72. The van der Waals surface area contributed by atoms with Gasteiger partial charge in [0.15, 0.2) is 0 Å². The molecule has 1 aromatic heterocycles. The van der Waals surface area contributed by atoms with Crippen LogP contribution >= 0.6 is 15.9 Å². The molecule has 88 valence electrons. The van der Waals surface area contributed by atoms with Crippen molar-refractivity contribution in [1.82, 2.24) is 4.98 Å². The molecule has 0 unspecified atom stereocenters. The number of anilines is 1. The zero-order valence-electron chi connectivity index (χ0n) is 9.27. The molecule has 2 rings (SSSR count). The second kappa shape index (κ2) is 6.25. The van der Waals surface area contributed by atoms with Gasteiger partial charge in [0.25, 0.3) is 0 Å². The summed E-state index contributed by atoms with van der Waals surface area (Å²) in [6, 6.07) is 15.5. The van der Waals surface area contributed by atoms with Gasteiger partial charge in [0, 0.05) is 0 Å². The van der Waals surface area contributed by atoms with E-state index in [9.17, 15) is 0 Å². The summed E-state index contributed by atoms with van der Waals surface area (Å²) in [7, 11) is 0. The van der Waals surface area contributed by atoms with Crippen LogP contribution in [0, 0.1) is 0 Å². The van der Waals surface area contributed by atoms with Crippen LogP contribution in [0.4, 0.5) is 5.82 Å². The Bertz CT molecular complexity index is 462. The first-order valence-corrected chi connectivity index (χ1v) is 6.18. The van der Waals surface area contributed by atoms with Crippen molar-refractivity contribution in [3.05, 3.63) is 53.1 Å². The van der Waals surface area contributed by atoms with E-state index in [1.165, 1.54) is 0 Å². The number of benzene rings is 1. The van der Waals surface area contributed by atoms with Gasteiger partial charge in [-0.1, -0.05) is 24.3 Å². The SMILES string of the molecule is Brc1cccc(NCCOc2ccccc2)n1. The van der Waals surface area contributed by atoms with E-state index < -0.39 is 0 Å². The zero-order valence-corrected chi connectivity index (χ0v) is 10.9. The molecule has 0 bridgehead atoms. The van der Waals surface area contributed by atoms with Gasteiger partial charge in [0.1, 0.15) is 22.8 Å². The number of ether oxygens (including phenoxy) is 1. The molecule has 0 aliphatic heterocycles. The smallest absolute Gasteiger partial charge is 0.127 e. The van der Waals surface area contributed by atoms with Gasteiger partial charge in [-0.2, -0.15) is 0 Å². The first-order chi connectivity index (χ1) is 8.34. The lowest BCUT2D eigenvalue weighted by Crippen LogP contribution is -2.12. The van der Waals surface area contributed by atoms with Gasteiger partial charge in [-0.3, -0.25) is 0 Å². The number of aromatic nitrogens is 1. The Balaban J connectivity index is 1.73. The van der Waals surface area contributed by atoms with Crippen LogP contribution in [-0.2, 0) is 0 Å². The van der Waals surface area contributed by atoms with Crippen LogP contribution in [0.1, 0.15) is 0 Å². The summed E-state index contributed by atoms with van der Waals surface area (Å²) in [4.78, 5) is 4.27. The number of rotatable bonds is 5. The lowest BCUT2D eigenvalue weighted by Gasteiger charge is -2.07. The average Bonchev–Trinajstić information content (AvgIpc) is 2.36. The quantitative estimate of drug-likeness (QED) is 0.678. The molecule has 0 saturated carbocycles. The summed E-state index contributed by atoms with van der Waals surface area (Å²) >= 11 is 3.33. The van der Waals surface area contributed by atoms with E-state index >= 15 is 0 Å². The van der Waals surface area contributed by atoms with Crippen LogP contribution in [-0.4, -0.2) is 18.1 Å². The van der Waals surface area contributed by atoms with Gasteiger partial charge in [0.2, 0.25) is 0 Å². The van der Waals surface area contributed by atoms with Crippen molar-refractivity contribution in [3.63, 3.8) is 0 Å². The molecule has 2 aromatic rings. The molecular weight excluding hydrogens is 280 g/mol. The van der Waals surface area contributed by atoms with Crippen molar-refractivity contribution < 1.29 is 4.74 Å². The first kappa shape index (κ1) is 11.9. The Morgan fingerprint density at radius 3 is 2.65 bits per heavy atom.